The van der Waals surface area contributed by atoms with Crippen molar-refractivity contribution >= 4 is 15.9 Å². The number of rotatable bonds is 3. The normalized spacial score (nSPS) is 15.9. The summed E-state index contributed by atoms with van der Waals surface area (Å²) >= 11 is 0. The number of nitrogens with zero attached hydrogens (tertiary/aromatic N) is 2. The largest absolute Gasteiger partial charge is 0.336 e. The third-order valence-electron chi connectivity index (χ3n) is 4.81. The van der Waals surface area contributed by atoms with Crippen LogP contribution in [0.1, 0.15) is 21.5 Å². The molecule has 26 heavy (non-hydrogen) atoms. The number of piperazine rings is 1. The van der Waals surface area contributed by atoms with Crippen LogP contribution < -0.4 is 0 Å². The zero-order chi connectivity index (χ0) is 18.9. The third-order valence-corrected chi connectivity index (χ3v) is 6.73. The fourth-order valence-corrected chi connectivity index (χ4v) is 4.46. The molecule has 5 nitrogen and oxygen atoms in total. The lowest BCUT2D eigenvalue weighted by Crippen LogP contribution is -2.50. The minimum atomic E-state index is -3.68. The first-order valence-electron chi connectivity index (χ1n) is 8.42. The van der Waals surface area contributed by atoms with Crippen LogP contribution in [0.4, 0.5) is 4.39 Å². The molecule has 0 spiro atoms. The van der Waals surface area contributed by atoms with E-state index < -0.39 is 15.8 Å². The van der Waals surface area contributed by atoms with Gasteiger partial charge in [-0.15, -0.1) is 0 Å². The van der Waals surface area contributed by atoms with Gasteiger partial charge in [0.15, 0.2) is 0 Å². The lowest BCUT2D eigenvalue weighted by Gasteiger charge is -2.34. The van der Waals surface area contributed by atoms with Gasteiger partial charge in [0.1, 0.15) is 5.82 Å². The first kappa shape index (κ1) is 18.5. The summed E-state index contributed by atoms with van der Waals surface area (Å²) in [6.45, 7) is 4.96. The average molecular weight is 376 g/mol. The van der Waals surface area contributed by atoms with Crippen molar-refractivity contribution in [2.24, 2.45) is 0 Å². The summed E-state index contributed by atoms with van der Waals surface area (Å²) in [6.07, 6.45) is 0. The lowest BCUT2D eigenvalue weighted by molar-refractivity contribution is 0.0697. The van der Waals surface area contributed by atoms with Gasteiger partial charge in [-0.1, -0.05) is 12.1 Å². The molecule has 0 saturated carbocycles. The number of amides is 1. The van der Waals surface area contributed by atoms with Crippen molar-refractivity contribution < 1.29 is 17.6 Å². The van der Waals surface area contributed by atoms with E-state index in [-0.39, 0.29) is 23.9 Å². The molecular formula is C19H21FN2O3S. The number of carbonyl (C=O) groups excluding carboxylic acids is 1. The van der Waals surface area contributed by atoms with Crippen LogP contribution in [0.25, 0.3) is 0 Å². The van der Waals surface area contributed by atoms with E-state index in [0.29, 0.717) is 18.7 Å². The van der Waals surface area contributed by atoms with Crippen LogP contribution in [0, 0.1) is 19.7 Å². The van der Waals surface area contributed by atoms with Gasteiger partial charge in [-0.3, -0.25) is 4.79 Å². The molecule has 0 radical (unpaired) electrons. The summed E-state index contributed by atoms with van der Waals surface area (Å²) in [5.41, 5.74) is 2.65. The predicted octanol–water partition coefficient (Wildman–Crippen LogP) is 2.59. The summed E-state index contributed by atoms with van der Waals surface area (Å²) in [5, 5.41) is 0. The van der Waals surface area contributed by atoms with Crippen LogP contribution >= 0.6 is 0 Å². The summed E-state index contributed by atoms with van der Waals surface area (Å²) in [6, 6.07) is 10.4. The zero-order valence-electron chi connectivity index (χ0n) is 14.8. The van der Waals surface area contributed by atoms with Gasteiger partial charge in [0.05, 0.1) is 4.90 Å². The Labute approximate surface area is 153 Å². The molecule has 1 fully saturated rings. The van der Waals surface area contributed by atoms with Crippen molar-refractivity contribution in [2.75, 3.05) is 26.2 Å². The number of halogens is 1. The monoisotopic (exact) mass is 376 g/mol. The van der Waals surface area contributed by atoms with E-state index in [2.05, 4.69) is 0 Å². The molecule has 0 aliphatic carbocycles. The summed E-state index contributed by atoms with van der Waals surface area (Å²) in [5.74, 6) is -0.557. The molecule has 0 bridgehead atoms. The fourth-order valence-electron chi connectivity index (χ4n) is 3.04. The fraction of sp³-hybridized carbons (Fsp3) is 0.316. The summed E-state index contributed by atoms with van der Waals surface area (Å²) in [4.78, 5) is 14.5. The first-order valence-corrected chi connectivity index (χ1v) is 9.86. The molecule has 3 rings (SSSR count). The molecule has 7 heteroatoms. The summed E-state index contributed by atoms with van der Waals surface area (Å²) < 4.78 is 39.7. The number of hydrogen-bond donors (Lipinski definition) is 0. The van der Waals surface area contributed by atoms with Crippen LogP contribution in [0.3, 0.4) is 0 Å². The molecule has 1 saturated heterocycles. The Hall–Kier alpha value is -2.25. The number of sulfonamides is 1. The molecule has 138 valence electrons. The maximum absolute atomic E-state index is 13.0. The van der Waals surface area contributed by atoms with Crippen molar-refractivity contribution in [1.82, 2.24) is 9.21 Å². The van der Waals surface area contributed by atoms with Gasteiger partial charge in [-0.25, -0.2) is 12.8 Å². The van der Waals surface area contributed by atoms with Crippen molar-refractivity contribution in [1.29, 1.82) is 0 Å². The van der Waals surface area contributed by atoms with E-state index >= 15 is 0 Å². The highest BCUT2D eigenvalue weighted by Crippen LogP contribution is 2.20. The maximum atomic E-state index is 13.0. The highest BCUT2D eigenvalue weighted by molar-refractivity contribution is 7.89. The second-order valence-corrected chi connectivity index (χ2v) is 8.34. The topological polar surface area (TPSA) is 57.7 Å². The average Bonchev–Trinajstić information content (AvgIpc) is 2.64. The van der Waals surface area contributed by atoms with E-state index in [1.165, 1.54) is 16.4 Å². The molecule has 0 atom stereocenters. The Bertz CT molecular complexity index is 918. The first-order chi connectivity index (χ1) is 12.3. The Kier molecular flexibility index (Phi) is 5.11. The molecule has 1 amide bonds. The van der Waals surface area contributed by atoms with Crippen molar-refractivity contribution in [3.05, 3.63) is 65.0 Å². The maximum Gasteiger partial charge on any atom is 0.254 e. The number of hydrogen-bond acceptors (Lipinski definition) is 3. The highest BCUT2D eigenvalue weighted by atomic mass is 32.2. The van der Waals surface area contributed by atoms with Gasteiger partial charge in [0, 0.05) is 31.7 Å². The predicted molar refractivity (Wildman–Crippen MR) is 97.0 cm³/mol. The van der Waals surface area contributed by atoms with Crippen molar-refractivity contribution in [2.45, 2.75) is 18.7 Å². The molecule has 2 aromatic carbocycles. The smallest absolute Gasteiger partial charge is 0.254 e. The van der Waals surface area contributed by atoms with Gasteiger partial charge in [-0.2, -0.15) is 4.31 Å². The SMILES string of the molecule is Cc1cccc(C(=O)N2CCN(S(=O)(=O)c3ccc(F)cc3)CC2)c1C. The van der Waals surface area contributed by atoms with E-state index in [1.807, 2.05) is 26.0 Å². The van der Waals surface area contributed by atoms with Crippen LogP contribution in [0.2, 0.25) is 0 Å². The van der Waals surface area contributed by atoms with Crippen molar-refractivity contribution in [3.8, 4) is 0 Å². The molecule has 0 aromatic heterocycles. The van der Waals surface area contributed by atoms with Crippen molar-refractivity contribution in [3.63, 3.8) is 0 Å². The van der Waals surface area contributed by atoms with Crippen LogP contribution in [-0.2, 0) is 10.0 Å². The number of carbonyl (C=O) groups is 1. The molecule has 0 N–H and O–H groups in total. The number of benzene rings is 2. The molecule has 1 aliphatic rings. The van der Waals surface area contributed by atoms with Gasteiger partial charge >= 0.3 is 0 Å². The number of aryl methyl sites for hydroxylation is 1. The van der Waals surface area contributed by atoms with E-state index in [4.69, 9.17) is 0 Å². The minimum Gasteiger partial charge on any atom is -0.336 e. The molecule has 0 unspecified atom stereocenters. The standard InChI is InChI=1S/C19H21FN2O3S/c1-14-4-3-5-18(15(14)2)19(23)21-10-12-22(13-11-21)26(24,25)17-8-6-16(20)7-9-17/h3-9H,10-13H2,1-2H3. The molecule has 1 heterocycles. The third kappa shape index (κ3) is 3.50. The molecule has 2 aromatic rings. The van der Waals surface area contributed by atoms with E-state index in [0.717, 1.165) is 23.3 Å². The molecule has 1 aliphatic heterocycles. The van der Waals surface area contributed by atoms with Gasteiger partial charge < -0.3 is 4.90 Å². The van der Waals surface area contributed by atoms with Crippen LogP contribution in [0.5, 0.6) is 0 Å². The quantitative estimate of drug-likeness (QED) is 0.827. The van der Waals surface area contributed by atoms with Crippen LogP contribution in [0.15, 0.2) is 47.4 Å². The Morgan fingerprint density at radius 2 is 1.58 bits per heavy atom. The zero-order valence-corrected chi connectivity index (χ0v) is 15.6. The molecular weight excluding hydrogens is 355 g/mol. The Balaban J connectivity index is 1.72. The Morgan fingerprint density at radius 1 is 0.962 bits per heavy atom. The summed E-state index contributed by atoms with van der Waals surface area (Å²) in [7, 11) is -3.68. The Morgan fingerprint density at radius 3 is 2.19 bits per heavy atom. The van der Waals surface area contributed by atoms with Gasteiger partial charge in [-0.05, 0) is 55.3 Å². The van der Waals surface area contributed by atoms with E-state index in [1.54, 1.807) is 11.0 Å². The second kappa shape index (κ2) is 7.17. The van der Waals surface area contributed by atoms with Gasteiger partial charge in [0.2, 0.25) is 10.0 Å². The van der Waals surface area contributed by atoms with Gasteiger partial charge in [0.25, 0.3) is 5.91 Å². The van der Waals surface area contributed by atoms with Crippen LogP contribution in [-0.4, -0.2) is 49.7 Å². The highest BCUT2D eigenvalue weighted by Gasteiger charge is 2.30. The lowest BCUT2D eigenvalue weighted by atomic mass is 10.0. The second-order valence-electron chi connectivity index (χ2n) is 6.40. The minimum absolute atomic E-state index is 0.0632. The van der Waals surface area contributed by atoms with E-state index in [9.17, 15) is 17.6 Å².